The molecule has 18 heavy (non-hydrogen) atoms. The fourth-order valence-corrected chi connectivity index (χ4v) is 3.41. The summed E-state index contributed by atoms with van der Waals surface area (Å²) in [6.07, 6.45) is 8.57. The van der Waals surface area contributed by atoms with Crippen LogP contribution < -0.4 is 5.32 Å². The molecular weight excluding hydrogens is 222 g/mol. The molecule has 2 rings (SSSR count). The van der Waals surface area contributed by atoms with Crippen LogP contribution in [0.15, 0.2) is 0 Å². The molecule has 0 radical (unpaired) electrons. The molecule has 1 aliphatic heterocycles. The summed E-state index contributed by atoms with van der Waals surface area (Å²) in [6.45, 7) is 8.47. The van der Waals surface area contributed by atoms with Gasteiger partial charge in [0.25, 0.3) is 0 Å². The highest BCUT2D eigenvalue weighted by Gasteiger charge is 2.21. The van der Waals surface area contributed by atoms with Crippen molar-refractivity contribution >= 4 is 0 Å². The third-order valence-electron chi connectivity index (χ3n) is 4.66. The molecule has 1 N–H and O–H groups in total. The Labute approximate surface area is 113 Å². The Hall–Kier alpha value is -0.120. The van der Waals surface area contributed by atoms with Gasteiger partial charge >= 0.3 is 0 Å². The first-order chi connectivity index (χ1) is 8.75. The molecule has 0 bridgehead atoms. The summed E-state index contributed by atoms with van der Waals surface area (Å²) in [6, 6.07) is 1.52. The van der Waals surface area contributed by atoms with E-state index in [1.165, 1.54) is 71.2 Å². The maximum atomic E-state index is 3.79. The first-order valence-electron chi connectivity index (χ1n) is 7.91. The van der Waals surface area contributed by atoms with E-state index in [2.05, 4.69) is 29.1 Å². The van der Waals surface area contributed by atoms with Crippen LogP contribution in [-0.2, 0) is 0 Å². The van der Waals surface area contributed by atoms with E-state index >= 15 is 0 Å². The van der Waals surface area contributed by atoms with Crippen molar-refractivity contribution < 1.29 is 0 Å². The van der Waals surface area contributed by atoms with E-state index in [1.54, 1.807) is 0 Å². The van der Waals surface area contributed by atoms with E-state index < -0.39 is 0 Å². The minimum Gasteiger partial charge on any atom is -0.313 e. The minimum absolute atomic E-state index is 0.722. The molecule has 1 saturated heterocycles. The van der Waals surface area contributed by atoms with Crippen molar-refractivity contribution in [3.05, 3.63) is 0 Å². The summed E-state index contributed by atoms with van der Waals surface area (Å²) in [5.41, 5.74) is 0. The van der Waals surface area contributed by atoms with Gasteiger partial charge in [0.2, 0.25) is 0 Å². The zero-order valence-corrected chi connectivity index (χ0v) is 12.3. The molecule has 1 aliphatic carbocycles. The Bertz CT molecular complexity index is 224. The maximum absolute atomic E-state index is 3.79. The Kier molecular flexibility index (Phi) is 5.93. The average molecular weight is 253 g/mol. The van der Waals surface area contributed by atoms with Gasteiger partial charge in [0.05, 0.1) is 0 Å². The van der Waals surface area contributed by atoms with Gasteiger partial charge < -0.3 is 10.2 Å². The van der Waals surface area contributed by atoms with Crippen molar-refractivity contribution in [1.82, 2.24) is 15.1 Å². The summed E-state index contributed by atoms with van der Waals surface area (Å²) in [4.78, 5) is 5.09. The van der Waals surface area contributed by atoms with E-state index in [1.807, 2.05) is 0 Å². The van der Waals surface area contributed by atoms with Crippen molar-refractivity contribution in [3.8, 4) is 0 Å². The predicted octanol–water partition coefficient (Wildman–Crippen LogP) is 1.93. The van der Waals surface area contributed by atoms with Crippen molar-refractivity contribution in [1.29, 1.82) is 0 Å². The number of piperazine rings is 1. The molecule has 0 spiro atoms. The molecule has 0 aromatic carbocycles. The van der Waals surface area contributed by atoms with Gasteiger partial charge in [-0.3, -0.25) is 4.90 Å². The molecule has 1 saturated carbocycles. The third-order valence-corrected chi connectivity index (χ3v) is 4.66. The molecule has 3 heteroatoms. The Morgan fingerprint density at radius 3 is 2.44 bits per heavy atom. The predicted molar refractivity (Wildman–Crippen MR) is 78.0 cm³/mol. The lowest BCUT2D eigenvalue weighted by Crippen LogP contribution is -2.52. The molecule has 0 amide bonds. The summed E-state index contributed by atoms with van der Waals surface area (Å²) < 4.78 is 0. The van der Waals surface area contributed by atoms with Crippen LogP contribution in [0.2, 0.25) is 0 Å². The van der Waals surface area contributed by atoms with Crippen molar-refractivity contribution in [2.24, 2.45) is 0 Å². The molecule has 2 fully saturated rings. The van der Waals surface area contributed by atoms with Gasteiger partial charge in [-0.15, -0.1) is 0 Å². The highest BCUT2D eigenvalue weighted by molar-refractivity contribution is 4.78. The molecule has 0 aromatic rings. The fourth-order valence-electron chi connectivity index (χ4n) is 3.41. The van der Waals surface area contributed by atoms with Crippen LogP contribution in [0.5, 0.6) is 0 Å². The number of rotatable bonds is 4. The van der Waals surface area contributed by atoms with Crippen molar-refractivity contribution in [3.63, 3.8) is 0 Å². The van der Waals surface area contributed by atoms with E-state index in [0.717, 1.165) is 12.1 Å². The van der Waals surface area contributed by atoms with Gasteiger partial charge in [-0.1, -0.05) is 25.7 Å². The molecule has 1 heterocycles. The standard InChI is InChI=1S/C15H31N3/c1-14-13-17(2)11-12-18(14)10-9-16-15-7-5-3-4-6-8-15/h14-16H,3-13H2,1-2H3. The van der Waals surface area contributed by atoms with Crippen LogP contribution in [0, 0.1) is 0 Å². The summed E-state index contributed by atoms with van der Waals surface area (Å²) in [5.74, 6) is 0. The number of hydrogen-bond donors (Lipinski definition) is 1. The lowest BCUT2D eigenvalue weighted by atomic mass is 10.1. The second kappa shape index (κ2) is 7.46. The van der Waals surface area contributed by atoms with E-state index in [0.29, 0.717) is 0 Å². The molecule has 3 nitrogen and oxygen atoms in total. The molecule has 1 unspecified atom stereocenters. The van der Waals surface area contributed by atoms with Crippen molar-refractivity contribution in [2.75, 3.05) is 39.8 Å². The zero-order chi connectivity index (χ0) is 12.8. The summed E-state index contributed by atoms with van der Waals surface area (Å²) in [5, 5.41) is 3.79. The summed E-state index contributed by atoms with van der Waals surface area (Å²) in [7, 11) is 2.23. The van der Waals surface area contributed by atoms with Gasteiger partial charge in [-0.05, 0) is 26.8 Å². The molecule has 106 valence electrons. The molecule has 2 aliphatic rings. The average Bonchev–Trinajstić information content (AvgIpc) is 2.60. The van der Waals surface area contributed by atoms with Crippen LogP contribution in [-0.4, -0.2) is 61.7 Å². The van der Waals surface area contributed by atoms with Crippen LogP contribution in [0.1, 0.15) is 45.4 Å². The smallest absolute Gasteiger partial charge is 0.0195 e. The highest BCUT2D eigenvalue weighted by Crippen LogP contribution is 2.17. The second-order valence-electron chi connectivity index (χ2n) is 6.29. The Balaban J connectivity index is 1.62. The van der Waals surface area contributed by atoms with Gasteiger partial charge in [-0.25, -0.2) is 0 Å². The topological polar surface area (TPSA) is 18.5 Å². The first kappa shape index (κ1) is 14.3. The maximum Gasteiger partial charge on any atom is 0.0195 e. The number of hydrogen-bond acceptors (Lipinski definition) is 3. The normalized spacial score (nSPS) is 29.3. The number of likely N-dealkylation sites (N-methyl/N-ethyl adjacent to an activating group) is 1. The van der Waals surface area contributed by atoms with Crippen LogP contribution in [0.3, 0.4) is 0 Å². The zero-order valence-electron chi connectivity index (χ0n) is 12.3. The SMILES string of the molecule is CC1CN(C)CCN1CCNC1CCCCCC1. The quantitative estimate of drug-likeness (QED) is 0.773. The van der Waals surface area contributed by atoms with Crippen LogP contribution >= 0.6 is 0 Å². The second-order valence-corrected chi connectivity index (χ2v) is 6.29. The Morgan fingerprint density at radius 2 is 1.78 bits per heavy atom. The number of nitrogens with zero attached hydrogens (tertiary/aromatic N) is 2. The van der Waals surface area contributed by atoms with Gasteiger partial charge in [0, 0.05) is 44.8 Å². The van der Waals surface area contributed by atoms with E-state index in [9.17, 15) is 0 Å². The van der Waals surface area contributed by atoms with Gasteiger partial charge in [0.15, 0.2) is 0 Å². The lowest BCUT2D eigenvalue weighted by molar-refractivity contribution is 0.1000. The lowest BCUT2D eigenvalue weighted by Gasteiger charge is -2.38. The van der Waals surface area contributed by atoms with Gasteiger partial charge in [-0.2, -0.15) is 0 Å². The monoisotopic (exact) mass is 253 g/mol. The molecular formula is C15H31N3. The molecule has 1 atom stereocenters. The third kappa shape index (κ3) is 4.52. The largest absolute Gasteiger partial charge is 0.313 e. The number of nitrogens with one attached hydrogen (secondary N) is 1. The van der Waals surface area contributed by atoms with E-state index in [4.69, 9.17) is 0 Å². The fraction of sp³-hybridized carbons (Fsp3) is 1.00. The molecule has 0 aromatic heterocycles. The first-order valence-corrected chi connectivity index (χ1v) is 7.91. The van der Waals surface area contributed by atoms with Crippen molar-refractivity contribution in [2.45, 2.75) is 57.5 Å². The van der Waals surface area contributed by atoms with Crippen LogP contribution in [0.25, 0.3) is 0 Å². The van der Waals surface area contributed by atoms with Gasteiger partial charge in [0.1, 0.15) is 0 Å². The summed E-state index contributed by atoms with van der Waals surface area (Å²) >= 11 is 0. The Morgan fingerprint density at radius 1 is 1.06 bits per heavy atom. The minimum atomic E-state index is 0.722. The van der Waals surface area contributed by atoms with Crippen LogP contribution in [0.4, 0.5) is 0 Å². The van der Waals surface area contributed by atoms with E-state index in [-0.39, 0.29) is 0 Å². The highest BCUT2D eigenvalue weighted by atomic mass is 15.3.